The Hall–Kier alpha value is -2.53. The minimum Gasteiger partial charge on any atom is -0.357 e. The molecular weight excluding hydrogens is 324 g/mol. The summed E-state index contributed by atoms with van der Waals surface area (Å²) < 4.78 is 1.84. The topological polar surface area (TPSA) is 86.8 Å². The Balaban J connectivity index is 1.77. The summed E-state index contributed by atoms with van der Waals surface area (Å²) in [5.41, 5.74) is 0.840. The Kier molecular flexibility index (Phi) is 4.71. The van der Waals surface area contributed by atoms with Crippen LogP contribution >= 0.6 is 11.8 Å². The largest absolute Gasteiger partial charge is 0.357 e. The van der Waals surface area contributed by atoms with Gasteiger partial charge >= 0.3 is 0 Å². The van der Waals surface area contributed by atoms with Crippen LogP contribution in [0.4, 0.5) is 11.6 Å². The quantitative estimate of drug-likeness (QED) is 0.897. The van der Waals surface area contributed by atoms with Crippen molar-refractivity contribution in [3.05, 3.63) is 29.6 Å². The monoisotopic (exact) mass is 342 g/mol. The van der Waals surface area contributed by atoms with Crippen LogP contribution in [0.5, 0.6) is 0 Å². The Morgan fingerprint density at radius 2 is 2.25 bits per heavy atom. The number of nitriles is 1. The predicted octanol–water partition coefficient (Wildman–Crippen LogP) is 2.35. The van der Waals surface area contributed by atoms with Gasteiger partial charge in [-0.1, -0.05) is 11.8 Å². The number of fused-ring (bicyclic) bond motifs is 1. The molecule has 0 atom stereocenters. The SMILES string of the molecule is CCN(CC)c1ccc(C(=O)Nc2nc3n(c2C#N)CCS3)cn1. The molecule has 0 aromatic carbocycles. The van der Waals surface area contributed by atoms with Gasteiger partial charge in [-0.25, -0.2) is 9.97 Å². The van der Waals surface area contributed by atoms with Crippen LogP contribution in [0.25, 0.3) is 0 Å². The molecule has 24 heavy (non-hydrogen) atoms. The summed E-state index contributed by atoms with van der Waals surface area (Å²) in [6.07, 6.45) is 1.55. The van der Waals surface area contributed by atoms with Gasteiger partial charge in [0.1, 0.15) is 11.9 Å². The zero-order valence-corrected chi connectivity index (χ0v) is 14.4. The first kappa shape index (κ1) is 16.3. The van der Waals surface area contributed by atoms with Crippen LogP contribution < -0.4 is 10.2 Å². The Bertz CT molecular complexity index is 788. The third-order valence-electron chi connectivity index (χ3n) is 3.91. The molecule has 0 bridgehead atoms. The zero-order chi connectivity index (χ0) is 17.1. The van der Waals surface area contributed by atoms with Gasteiger partial charge in [0.2, 0.25) is 0 Å². The van der Waals surface area contributed by atoms with Crippen molar-refractivity contribution < 1.29 is 4.79 Å². The number of carbonyl (C=O) groups excluding carboxylic acids is 1. The van der Waals surface area contributed by atoms with Crippen LogP contribution in [0.1, 0.15) is 29.9 Å². The highest BCUT2D eigenvalue weighted by molar-refractivity contribution is 7.99. The van der Waals surface area contributed by atoms with E-state index in [1.54, 1.807) is 24.0 Å². The van der Waals surface area contributed by atoms with E-state index >= 15 is 0 Å². The van der Waals surface area contributed by atoms with E-state index in [9.17, 15) is 10.1 Å². The van der Waals surface area contributed by atoms with Crippen LogP contribution in [0.2, 0.25) is 0 Å². The summed E-state index contributed by atoms with van der Waals surface area (Å²) in [7, 11) is 0. The highest BCUT2D eigenvalue weighted by Crippen LogP contribution is 2.30. The highest BCUT2D eigenvalue weighted by atomic mass is 32.2. The van der Waals surface area contributed by atoms with Crippen molar-refractivity contribution in [3.8, 4) is 6.07 Å². The van der Waals surface area contributed by atoms with Gasteiger partial charge in [-0.2, -0.15) is 5.26 Å². The lowest BCUT2D eigenvalue weighted by molar-refractivity contribution is 0.102. The Morgan fingerprint density at radius 3 is 2.88 bits per heavy atom. The molecule has 3 heterocycles. The number of nitrogens with zero attached hydrogens (tertiary/aromatic N) is 5. The van der Waals surface area contributed by atoms with Gasteiger partial charge in [0.05, 0.1) is 5.56 Å². The lowest BCUT2D eigenvalue weighted by Crippen LogP contribution is -2.23. The van der Waals surface area contributed by atoms with Gasteiger partial charge in [-0.3, -0.25) is 4.79 Å². The van der Waals surface area contributed by atoms with Gasteiger partial charge in [0.15, 0.2) is 16.7 Å². The fourth-order valence-corrected chi connectivity index (χ4v) is 3.56. The van der Waals surface area contributed by atoms with Crippen molar-refractivity contribution in [1.29, 1.82) is 5.26 Å². The lowest BCUT2D eigenvalue weighted by atomic mass is 10.2. The van der Waals surface area contributed by atoms with Gasteiger partial charge in [-0.15, -0.1) is 0 Å². The average Bonchev–Trinajstić information content (AvgIpc) is 3.17. The van der Waals surface area contributed by atoms with Gasteiger partial charge in [-0.05, 0) is 26.0 Å². The predicted molar refractivity (Wildman–Crippen MR) is 93.4 cm³/mol. The average molecular weight is 342 g/mol. The second-order valence-electron chi connectivity index (χ2n) is 5.23. The van der Waals surface area contributed by atoms with Gasteiger partial charge < -0.3 is 14.8 Å². The number of aromatic nitrogens is 3. The van der Waals surface area contributed by atoms with E-state index in [0.717, 1.165) is 36.4 Å². The molecule has 7 nitrogen and oxygen atoms in total. The fraction of sp³-hybridized carbons (Fsp3) is 0.375. The van der Waals surface area contributed by atoms with E-state index in [-0.39, 0.29) is 5.91 Å². The first-order chi connectivity index (χ1) is 11.7. The number of hydrogen-bond donors (Lipinski definition) is 1. The number of anilines is 2. The second-order valence-corrected chi connectivity index (χ2v) is 6.30. The maximum Gasteiger partial charge on any atom is 0.258 e. The molecule has 1 aliphatic heterocycles. The maximum atomic E-state index is 12.4. The van der Waals surface area contributed by atoms with E-state index in [4.69, 9.17) is 0 Å². The molecule has 1 amide bonds. The number of pyridine rings is 1. The fourth-order valence-electron chi connectivity index (χ4n) is 2.61. The molecule has 1 aliphatic rings. The molecule has 0 fully saturated rings. The summed E-state index contributed by atoms with van der Waals surface area (Å²) in [5, 5.41) is 12.8. The zero-order valence-electron chi connectivity index (χ0n) is 13.6. The summed E-state index contributed by atoms with van der Waals surface area (Å²) in [6, 6.07) is 5.69. The third kappa shape index (κ3) is 2.95. The minimum atomic E-state index is -0.313. The molecule has 2 aromatic rings. The summed E-state index contributed by atoms with van der Waals surface area (Å²) in [6.45, 7) is 6.58. The van der Waals surface area contributed by atoms with Crippen molar-refractivity contribution >= 4 is 29.3 Å². The number of thioether (sulfide) groups is 1. The van der Waals surface area contributed by atoms with Crippen LogP contribution in [0, 0.1) is 11.3 Å². The van der Waals surface area contributed by atoms with Crippen molar-refractivity contribution in [2.45, 2.75) is 25.5 Å². The molecule has 0 radical (unpaired) electrons. The first-order valence-corrected chi connectivity index (χ1v) is 8.82. The normalized spacial score (nSPS) is 12.5. The van der Waals surface area contributed by atoms with Crippen molar-refractivity contribution in [1.82, 2.24) is 14.5 Å². The van der Waals surface area contributed by atoms with E-state index in [1.165, 1.54) is 0 Å². The standard InChI is InChI=1S/C16H18N6OS/c1-3-21(4-2)13-6-5-11(10-18-13)15(23)19-14-12(9-17)22-7-8-24-16(22)20-14/h5-6,10H,3-4,7-8H2,1-2H3,(H,19,23). The third-order valence-corrected chi connectivity index (χ3v) is 4.87. The first-order valence-electron chi connectivity index (χ1n) is 7.83. The van der Waals surface area contributed by atoms with Gasteiger partial charge in [0.25, 0.3) is 5.91 Å². The summed E-state index contributed by atoms with van der Waals surface area (Å²) >= 11 is 1.58. The molecule has 0 spiro atoms. The number of rotatable bonds is 5. The van der Waals surface area contributed by atoms with Crippen molar-refractivity contribution in [2.75, 3.05) is 29.1 Å². The molecule has 0 saturated heterocycles. The van der Waals surface area contributed by atoms with E-state index in [0.29, 0.717) is 17.1 Å². The van der Waals surface area contributed by atoms with E-state index in [2.05, 4.69) is 40.1 Å². The van der Waals surface area contributed by atoms with Crippen molar-refractivity contribution in [2.24, 2.45) is 0 Å². The maximum absolute atomic E-state index is 12.4. The molecule has 124 valence electrons. The molecule has 0 aliphatic carbocycles. The summed E-state index contributed by atoms with van der Waals surface area (Å²) in [5.74, 6) is 1.75. The molecular formula is C16H18N6OS. The second kappa shape index (κ2) is 6.93. The van der Waals surface area contributed by atoms with E-state index in [1.807, 2.05) is 10.6 Å². The lowest BCUT2D eigenvalue weighted by Gasteiger charge is -2.19. The summed E-state index contributed by atoms with van der Waals surface area (Å²) in [4.78, 5) is 23.2. The van der Waals surface area contributed by atoms with Gasteiger partial charge in [0, 0.05) is 31.6 Å². The number of hydrogen-bond acceptors (Lipinski definition) is 6. The Labute approximate surface area is 144 Å². The number of carbonyl (C=O) groups is 1. The smallest absolute Gasteiger partial charge is 0.258 e. The van der Waals surface area contributed by atoms with Crippen LogP contribution in [-0.4, -0.2) is 39.3 Å². The Morgan fingerprint density at radius 1 is 1.46 bits per heavy atom. The van der Waals surface area contributed by atoms with Crippen LogP contribution in [-0.2, 0) is 6.54 Å². The molecule has 0 unspecified atom stereocenters. The molecule has 8 heteroatoms. The number of nitrogens with one attached hydrogen (secondary N) is 1. The number of imidazole rings is 1. The number of amides is 1. The van der Waals surface area contributed by atoms with Crippen molar-refractivity contribution in [3.63, 3.8) is 0 Å². The molecule has 1 N–H and O–H groups in total. The highest BCUT2D eigenvalue weighted by Gasteiger charge is 2.23. The minimum absolute atomic E-state index is 0.313. The molecule has 3 rings (SSSR count). The molecule has 0 saturated carbocycles. The van der Waals surface area contributed by atoms with Crippen LogP contribution in [0.3, 0.4) is 0 Å². The van der Waals surface area contributed by atoms with Crippen LogP contribution in [0.15, 0.2) is 23.5 Å². The van der Waals surface area contributed by atoms with E-state index < -0.39 is 0 Å². The molecule has 2 aromatic heterocycles.